The number of rotatable bonds is 0. The van der Waals surface area contributed by atoms with Crippen LogP contribution < -0.4 is 9.47 Å². The van der Waals surface area contributed by atoms with E-state index in [1.807, 2.05) is 38.1 Å². The van der Waals surface area contributed by atoms with Gasteiger partial charge in [0.1, 0.15) is 24.4 Å². The van der Waals surface area contributed by atoms with Gasteiger partial charge in [-0.15, -0.1) is 0 Å². The van der Waals surface area contributed by atoms with Crippen LogP contribution in [0.25, 0.3) is 0 Å². The SMILES string of the molecule is C[C@]12COCCOCCOCCOc3ccccc3OCCOCCOCCOC[C@](C)(COCCOC1)OCCOCCO2. The van der Waals surface area contributed by atoms with Crippen molar-refractivity contribution in [3.8, 4) is 11.5 Å². The van der Waals surface area contributed by atoms with E-state index in [9.17, 15) is 0 Å². The van der Waals surface area contributed by atoms with Gasteiger partial charge in [0.25, 0.3) is 0 Å². The van der Waals surface area contributed by atoms with Crippen molar-refractivity contribution in [1.29, 1.82) is 0 Å². The summed E-state index contributed by atoms with van der Waals surface area (Å²) in [7, 11) is 0. The molecule has 2 aliphatic heterocycles. The van der Waals surface area contributed by atoms with Crippen molar-refractivity contribution in [2.75, 3.05) is 145 Å². The first-order valence-corrected chi connectivity index (χ1v) is 15.9. The molecule has 260 valence electrons. The topological polar surface area (TPSA) is 120 Å². The van der Waals surface area contributed by atoms with E-state index in [2.05, 4.69) is 0 Å². The van der Waals surface area contributed by atoms with Crippen LogP contribution in [-0.2, 0) is 52.1 Å². The van der Waals surface area contributed by atoms with Crippen molar-refractivity contribution in [3.63, 3.8) is 0 Å². The van der Waals surface area contributed by atoms with E-state index in [-0.39, 0.29) is 0 Å². The van der Waals surface area contributed by atoms with Gasteiger partial charge in [-0.1, -0.05) is 12.1 Å². The molecule has 0 N–H and O–H groups in total. The Morgan fingerprint density at radius 2 is 0.622 bits per heavy atom. The average Bonchev–Trinajstić information content (AvgIpc) is 3.04. The predicted molar refractivity (Wildman–Crippen MR) is 164 cm³/mol. The van der Waals surface area contributed by atoms with Gasteiger partial charge in [0.05, 0.1) is 132 Å². The number of benzene rings is 1. The summed E-state index contributed by atoms with van der Waals surface area (Å²) in [4.78, 5) is 0. The van der Waals surface area contributed by atoms with Crippen LogP contribution in [0.1, 0.15) is 13.8 Å². The first kappa shape index (κ1) is 37.8. The van der Waals surface area contributed by atoms with Crippen molar-refractivity contribution in [2.45, 2.75) is 25.0 Å². The molecular weight excluding hydrogens is 592 g/mol. The highest BCUT2D eigenvalue weighted by Gasteiger charge is 2.28. The van der Waals surface area contributed by atoms with E-state index in [1.54, 1.807) is 0 Å². The minimum Gasteiger partial charge on any atom is -0.487 e. The molecule has 2 aliphatic rings. The molecule has 2 heterocycles. The second kappa shape index (κ2) is 23.7. The zero-order valence-electron chi connectivity index (χ0n) is 27.2. The first-order chi connectivity index (χ1) is 22.1. The van der Waals surface area contributed by atoms with Crippen LogP contribution >= 0.6 is 0 Å². The number of hydrogen-bond donors (Lipinski definition) is 0. The maximum absolute atomic E-state index is 6.10. The highest BCUT2D eigenvalue weighted by molar-refractivity contribution is 5.39. The van der Waals surface area contributed by atoms with E-state index in [4.69, 9.17) is 61.6 Å². The van der Waals surface area contributed by atoms with Crippen molar-refractivity contribution >= 4 is 0 Å². The van der Waals surface area contributed by atoms with Crippen LogP contribution in [0.2, 0.25) is 0 Å². The van der Waals surface area contributed by atoms with Crippen LogP contribution in [0.5, 0.6) is 11.5 Å². The van der Waals surface area contributed by atoms with Crippen molar-refractivity contribution in [2.24, 2.45) is 0 Å². The minimum atomic E-state index is -0.637. The molecule has 0 aliphatic carbocycles. The van der Waals surface area contributed by atoms with Gasteiger partial charge in [0.15, 0.2) is 11.5 Å². The van der Waals surface area contributed by atoms with E-state index < -0.39 is 11.2 Å². The Kier molecular flexibility index (Phi) is 19.9. The Labute approximate surface area is 267 Å². The molecule has 3 rings (SSSR count). The van der Waals surface area contributed by atoms with Crippen molar-refractivity contribution in [1.82, 2.24) is 0 Å². The summed E-state index contributed by atoms with van der Waals surface area (Å²) >= 11 is 0. The fourth-order valence-electron chi connectivity index (χ4n) is 4.31. The van der Waals surface area contributed by atoms with Gasteiger partial charge >= 0.3 is 0 Å². The van der Waals surface area contributed by atoms with Crippen molar-refractivity contribution < 1.29 is 61.6 Å². The summed E-state index contributed by atoms with van der Waals surface area (Å²) in [5, 5.41) is 0. The van der Waals surface area contributed by atoms with Gasteiger partial charge in [0.2, 0.25) is 0 Å². The van der Waals surface area contributed by atoms with Crippen LogP contribution in [0.3, 0.4) is 0 Å². The zero-order chi connectivity index (χ0) is 31.7. The Bertz CT molecular complexity index is 795. The fourth-order valence-corrected chi connectivity index (χ4v) is 4.31. The second-order valence-electron chi connectivity index (χ2n) is 11.0. The number of fused-ring (bicyclic) bond motifs is 8. The lowest BCUT2D eigenvalue weighted by atomic mass is 10.1. The lowest BCUT2D eigenvalue weighted by Gasteiger charge is -2.30. The van der Waals surface area contributed by atoms with E-state index >= 15 is 0 Å². The molecule has 1 fully saturated rings. The van der Waals surface area contributed by atoms with Crippen LogP contribution in [0.15, 0.2) is 24.3 Å². The smallest absolute Gasteiger partial charge is 0.161 e. The van der Waals surface area contributed by atoms with Gasteiger partial charge in [-0.2, -0.15) is 0 Å². The zero-order valence-corrected chi connectivity index (χ0v) is 27.2. The quantitative estimate of drug-likeness (QED) is 0.410. The Morgan fingerprint density at radius 1 is 0.356 bits per heavy atom. The molecule has 2 atom stereocenters. The van der Waals surface area contributed by atoms with Gasteiger partial charge in [-0.3, -0.25) is 0 Å². The fraction of sp³-hybridized carbons (Fsp3) is 0.812. The van der Waals surface area contributed by atoms with Gasteiger partial charge < -0.3 is 61.6 Å². The molecule has 13 nitrogen and oxygen atoms in total. The maximum Gasteiger partial charge on any atom is 0.161 e. The molecule has 1 aromatic carbocycles. The summed E-state index contributed by atoms with van der Waals surface area (Å²) in [5.74, 6) is 1.32. The lowest BCUT2D eigenvalue weighted by Crippen LogP contribution is -2.41. The molecule has 0 spiro atoms. The van der Waals surface area contributed by atoms with Crippen molar-refractivity contribution in [3.05, 3.63) is 24.3 Å². The highest BCUT2D eigenvalue weighted by Crippen LogP contribution is 2.26. The molecule has 0 aromatic heterocycles. The molecular formula is C32H54O13. The standard InChI is InChI=1S/C32H54O13/c1-31-25-38-13-11-33-7-9-35-17-21-42-29-5-3-4-6-30(29)43-22-18-36-10-8-34-12-14-39-26-32(2,28-41-16-15-40-27-31)45-24-20-37-19-23-44-31/h3-6H,7-28H2,1-2H3/t31-,32+. The molecule has 13 heteroatoms. The molecule has 0 radical (unpaired) electrons. The Balaban J connectivity index is 1.48. The molecule has 1 saturated heterocycles. The third-order valence-electron chi connectivity index (χ3n) is 6.67. The third kappa shape index (κ3) is 17.8. The summed E-state index contributed by atoms with van der Waals surface area (Å²) in [5.41, 5.74) is -1.27. The van der Waals surface area contributed by atoms with Gasteiger partial charge in [0, 0.05) is 0 Å². The molecule has 0 unspecified atom stereocenters. The monoisotopic (exact) mass is 646 g/mol. The van der Waals surface area contributed by atoms with E-state index in [1.165, 1.54) is 0 Å². The second-order valence-corrected chi connectivity index (χ2v) is 11.0. The largest absolute Gasteiger partial charge is 0.487 e. The molecule has 0 amide bonds. The normalized spacial score (nSPS) is 28.5. The van der Waals surface area contributed by atoms with Gasteiger partial charge in [-0.05, 0) is 26.0 Å². The summed E-state index contributed by atoms with van der Waals surface area (Å²) in [6.07, 6.45) is 0. The maximum atomic E-state index is 6.10. The number of ether oxygens (including phenoxy) is 13. The minimum absolute atomic E-state index is 0.353. The van der Waals surface area contributed by atoms with Crippen LogP contribution in [-0.4, -0.2) is 157 Å². The Morgan fingerprint density at radius 3 is 0.956 bits per heavy atom. The molecule has 0 saturated carbocycles. The van der Waals surface area contributed by atoms with E-state index in [0.717, 1.165) is 0 Å². The van der Waals surface area contributed by atoms with Crippen LogP contribution in [0, 0.1) is 0 Å². The number of hydrogen-bond acceptors (Lipinski definition) is 13. The summed E-state index contributed by atoms with van der Waals surface area (Å²) in [6, 6.07) is 7.54. The molecule has 1 aromatic rings. The summed E-state index contributed by atoms with van der Waals surface area (Å²) in [6.45, 7) is 13.0. The molecule has 2 bridgehead atoms. The summed E-state index contributed by atoms with van der Waals surface area (Å²) < 4.78 is 75.7. The highest BCUT2D eigenvalue weighted by atomic mass is 16.6. The first-order valence-electron chi connectivity index (χ1n) is 15.9. The average molecular weight is 647 g/mol. The van der Waals surface area contributed by atoms with E-state index in [0.29, 0.717) is 157 Å². The third-order valence-corrected chi connectivity index (χ3v) is 6.67. The number of para-hydroxylation sites is 2. The Hall–Kier alpha value is -1.62. The van der Waals surface area contributed by atoms with Gasteiger partial charge in [-0.25, -0.2) is 0 Å². The predicted octanol–water partition coefficient (Wildman–Crippen LogP) is 2.17. The lowest BCUT2D eigenvalue weighted by molar-refractivity contribution is -0.141. The molecule has 45 heavy (non-hydrogen) atoms. The van der Waals surface area contributed by atoms with Crippen LogP contribution in [0.4, 0.5) is 0 Å².